The second kappa shape index (κ2) is 10.0. The van der Waals surface area contributed by atoms with Crippen molar-refractivity contribution in [3.05, 3.63) is 75.7 Å². The highest BCUT2D eigenvalue weighted by atomic mass is 16.5. The largest absolute Gasteiger partial charge is 0.490 e. The molecule has 0 amide bonds. The molecule has 8 heteroatoms. The lowest BCUT2D eigenvalue weighted by atomic mass is 10.2. The van der Waals surface area contributed by atoms with Crippen LogP contribution >= 0.6 is 0 Å². The number of hydrogen-bond acceptors (Lipinski definition) is 7. The SMILES string of the molecule is CCOc1cc(/C=N\Nc2nnc(C)c(=O)[nH]2)ccc1OCCc1ccccc1. The summed E-state index contributed by atoms with van der Waals surface area (Å²) in [4.78, 5) is 14.1. The van der Waals surface area contributed by atoms with Gasteiger partial charge >= 0.3 is 0 Å². The van der Waals surface area contributed by atoms with Crippen LogP contribution < -0.4 is 20.5 Å². The van der Waals surface area contributed by atoms with Crippen LogP contribution in [0.3, 0.4) is 0 Å². The van der Waals surface area contributed by atoms with Crippen molar-refractivity contribution in [1.82, 2.24) is 15.2 Å². The number of anilines is 1. The average Bonchev–Trinajstić information content (AvgIpc) is 2.73. The summed E-state index contributed by atoms with van der Waals surface area (Å²) in [6.45, 7) is 4.58. The van der Waals surface area contributed by atoms with E-state index in [1.54, 1.807) is 13.1 Å². The van der Waals surface area contributed by atoms with Gasteiger partial charge in [-0.25, -0.2) is 5.43 Å². The van der Waals surface area contributed by atoms with E-state index < -0.39 is 0 Å². The number of benzene rings is 2. The van der Waals surface area contributed by atoms with Crippen LogP contribution in [0, 0.1) is 6.92 Å². The lowest BCUT2D eigenvalue weighted by molar-refractivity contribution is 0.279. The van der Waals surface area contributed by atoms with Crippen molar-refractivity contribution in [3.63, 3.8) is 0 Å². The van der Waals surface area contributed by atoms with Crippen molar-refractivity contribution < 1.29 is 9.47 Å². The van der Waals surface area contributed by atoms with Crippen molar-refractivity contribution in [2.24, 2.45) is 5.10 Å². The third-order valence-corrected chi connectivity index (χ3v) is 4.00. The normalized spacial score (nSPS) is 10.8. The molecule has 150 valence electrons. The summed E-state index contributed by atoms with van der Waals surface area (Å²) in [5.41, 5.74) is 4.66. The van der Waals surface area contributed by atoms with E-state index in [0.717, 1.165) is 12.0 Å². The number of aromatic nitrogens is 3. The molecule has 0 spiro atoms. The second-order valence-corrected chi connectivity index (χ2v) is 6.18. The van der Waals surface area contributed by atoms with E-state index in [1.807, 2.05) is 43.3 Å². The standard InChI is InChI=1S/C21H23N5O3/c1-3-28-19-13-17(14-22-25-21-23-20(27)15(2)24-26-21)9-10-18(19)29-12-11-16-7-5-4-6-8-16/h4-10,13-14H,3,11-12H2,1-2H3,(H2,23,25,26,27)/b22-14-. The van der Waals surface area contributed by atoms with Gasteiger partial charge in [0.15, 0.2) is 11.5 Å². The summed E-state index contributed by atoms with van der Waals surface area (Å²) in [5.74, 6) is 1.50. The summed E-state index contributed by atoms with van der Waals surface area (Å²) in [7, 11) is 0. The van der Waals surface area contributed by atoms with Crippen molar-refractivity contribution in [3.8, 4) is 11.5 Å². The number of aromatic amines is 1. The number of nitrogens with zero attached hydrogens (tertiary/aromatic N) is 3. The van der Waals surface area contributed by atoms with Gasteiger partial charge < -0.3 is 9.47 Å². The molecule has 8 nitrogen and oxygen atoms in total. The van der Waals surface area contributed by atoms with Crippen LogP contribution in [-0.4, -0.2) is 34.6 Å². The molecule has 2 aromatic carbocycles. The minimum atomic E-state index is -0.312. The number of hydrogen-bond donors (Lipinski definition) is 2. The minimum Gasteiger partial charge on any atom is -0.490 e. The van der Waals surface area contributed by atoms with Crippen molar-refractivity contribution >= 4 is 12.2 Å². The highest BCUT2D eigenvalue weighted by molar-refractivity contribution is 5.81. The fourth-order valence-corrected chi connectivity index (χ4v) is 2.53. The summed E-state index contributed by atoms with van der Waals surface area (Å²) in [6.07, 6.45) is 2.41. The van der Waals surface area contributed by atoms with Crippen LogP contribution in [0.25, 0.3) is 0 Å². The van der Waals surface area contributed by atoms with Crippen molar-refractivity contribution in [2.45, 2.75) is 20.3 Å². The van der Waals surface area contributed by atoms with Gasteiger partial charge in [-0.3, -0.25) is 9.78 Å². The molecule has 0 unspecified atom stereocenters. The molecule has 3 aromatic rings. The first kappa shape index (κ1) is 20.1. The summed E-state index contributed by atoms with van der Waals surface area (Å²) in [6, 6.07) is 15.7. The van der Waals surface area contributed by atoms with E-state index in [-0.39, 0.29) is 11.5 Å². The Morgan fingerprint density at radius 3 is 2.69 bits per heavy atom. The number of nitrogens with one attached hydrogen (secondary N) is 2. The van der Waals surface area contributed by atoms with Gasteiger partial charge in [0.1, 0.15) is 5.69 Å². The maximum Gasteiger partial charge on any atom is 0.274 e. The number of rotatable bonds is 9. The van der Waals surface area contributed by atoms with Gasteiger partial charge in [-0.05, 0) is 43.2 Å². The lowest BCUT2D eigenvalue weighted by Gasteiger charge is -2.12. The Morgan fingerprint density at radius 1 is 1.10 bits per heavy atom. The van der Waals surface area contributed by atoms with Crippen LogP contribution in [0.15, 0.2) is 58.4 Å². The van der Waals surface area contributed by atoms with E-state index in [1.165, 1.54) is 5.56 Å². The summed E-state index contributed by atoms with van der Waals surface area (Å²) >= 11 is 0. The molecule has 0 saturated heterocycles. The molecule has 0 aliphatic heterocycles. The predicted octanol–water partition coefficient (Wildman–Crippen LogP) is 2.94. The van der Waals surface area contributed by atoms with E-state index in [9.17, 15) is 4.79 Å². The smallest absolute Gasteiger partial charge is 0.274 e. The third kappa shape index (κ3) is 5.90. The molecule has 0 fully saturated rings. The van der Waals surface area contributed by atoms with Crippen molar-refractivity contribution in [1.29, 1.82) is 0 Å². The Morgan fingerprint density at radius 2 is 1.93 bits per heavy atom. The highest BCUT2D eigenvalue weighted by Crippen LogP contribution is 2.28. The molecule has 29 heavy (non-hydrogen) atoms. The molecule has 0 atom stereocenters. The first-order valence-electron chi connectivity index (χ1n) is 9.32. The van der Waals surface area contributed by atoms with Crippen LogP contribution in [0.2, 0.25) is 0 Å². The van der Waals surface area contributed by atoms with E-state index >= 15 is 0 Å². The van der Waals surface area contributed by atoms with Gasteiger partial charge in [-0.2, -0.15) is 5.10 Å². The van der Waals surface area contributed by atoms with E-state index in [4.69, 9.17) is 9.47 Å². The number of hydrazone groups is 1. The second-order valence-electron chi connectivity index (χ2n) is 6.18. The zero-order valence-corrected chi connectivity index (χ0v) is 16.4. The summed E-state index contributed by atoms with van der Waals surface area (Å²) in [5, 5.41) is 11.6. The third-order valence-electron chi connectivity index (χ3n) is 4.00. The Labute approximate surface area is 168 Å². The minimum absolute atomic E-state index is 0.169. The predicted molar refractivity (Wildman–Crippen MR) is 112 cm³/mol. The van der Waals surface area contributed by atoms with Gasteiger partial charge in [0.25, 0.3) is 5.56 Å². The molecule has 1 heterocycles. The van der Waals surface area contributed by atoms with E-state index in [2.05, 4.69) is 37.8 Å². The quantitative estimate of drug-likeness (QED) is 0.428. The molecule has 0 saturated carbocycles. The molecule has 3 rings (SSSR count). The fraction of sp³-hybridized carbons (Fsp3) is 0.238. The molecular formula is C21H23N5O3. The zero-order chi connectivity index (χ0) is 20.5. The topological polar surface area (TPSA) is 101 Å². The van der Waals surface area contributed by atoms with Gasteiger partial charge in [-0.15, -0.1) is 10.2 Å². The molecule has 0 radical (unpaired) electrons. The molecule has 0 aliphatic carbocycles. The Balaban J connectivity index is 1.63. The maximum atomic E-state index is 11.5. The van der Waals surface area contributed by atoms with Crippen LogP contribution in [0.1, 0.15) is 23.7 Å². The molecule has 0 bridgehead atoms. The lowest BCUT2D eigenvalue weighted by Crippen LogP contribution is -2.15. The zero-order valence-electron chi connectivity index (χ0n) is 16.4. The maximum absolute atomic E-state index is 11.5. The Bertz CT molecular complexity index is 1020. The number of H-pyrrole nitrogens is 1. The molecular weight excluding hydrogens is 370 g/mol. The van der Waals surface area contributed by atoms with Gasteiger partial charge in [0.05, 0.1) is 19.4 Å². The summed E-state index contributed by atoms with van der Waals surface area (Å²) < 4.78 is 11.6. The Hall–Kier alpha value is -3.68. The number of aryl methyl sites for hydroxylation is 1. The first-order chi connectivity index (χ1) is 14.2. The Kier molecular flexibility index (Phi) is 6.94. The highest BCUT2D eigenvalue weighted by Gasteiger charge is 2.06. The van der Waals surface area contributed by atoms with Gasteiger partial charge in [-0.1, -0.05) is 30.3 Å². The fourth-order valence-electron chi connectivity index (χ4n) is 2.53. The van der Waals surface area contributed by atoms with Gasteiger partial charge in [0.2, 0.25) is 5.95 Å². The van der Waals surface area contributed by atoms with Crippen LogP contribution in [0.4, 0.5) is 5.95 Å². The van der Waals surface area contributed by atoms with Crippen LogP contribution in [0.5, 0.6) is 11.5 Å². The first-order valence-corrected chi connectivity index (χ1v) is 9.32. The number of ether oxygens (including phenoxy) is 2. The van der Waals surface area contributed by atoms with Gasteiger partial charge in [0, 0.05) is 6.42 Å². The molecule has 0 aliphatic rings. The molecule has 1 aromatic heterocycles. The van der Waals surface area contributed by atoms with Crippen LogP contribution in [-0.2, 0) is 6.42 Å². The van der Waals surface area contributed by atoms with E-state index in [0.29, 0.717) is 30.4 Å². The monoisotopic (exact) mass is 393 g/mol. The average molecular weight is 393 g/mol. The molecule has 2 N–H and O–H groups in total. The van der Waals surface area contributed by atoms with Crippen molar-refractivity contribution in [2.75, 3.05) is 18.6 Å².